The van der Waals surface area contributed by atoms with Gasteiger partial charge in [-0.2, -0.15) is 9.69 Å². The smallest absolute Gasteiger partial charge is 0.302 e. The van der Waals surface area contributed by atoms with Crippen molar-refractivity contribution in [3.63, 3.8) is 0 Å². The molecule has 1 N–H and O–H groups in total. The average Bonchev–Trinajstić information content (AvgIpc) is 2.39. The van der Waals surface area contributed by atoms with Crippen molar-refractivity contribution in [3.8, 4) is 0 Å². The van der Waals surface area contributed by atoms with Crippen molar-refractivity contribution in [2.24, 2.45) is 0 Å². The number of nitrogens with zero attached hydrogens (tertiary/aromatic N) is 1. The minimum absolute atomic E-state index is 0.702. The van der Waals surface area contributed by atoms with E-state index in [0.29, 0.717) is 13.1 Å². The summed E-state index contributed by atoms with van der Waals surface area (Å²) in [6.45, 7) is 1.40. The van der Waals surface area contributed by atoms with Gasteiger partial charge in [-0.25, -0.2) is 4.57 Å². The number of phosphoric ester groups is 1. The lowest BCUT2D eigenvalue weighted by atomic mass is 10.4. The van der Waals surface area contributed by atoms with Gasteiger partial charge in [-0.1, -0.05) is 0 Å². The molecule has 1 unspecified atom stereocenters. The van der Waals surface area contributed by atoms with E-state index in [-0.39, 0.29) is 0 Å². The molecule has 1 atom stereocenters. The van der Waals surface area contributed by atoms with Crippen molar-refractivity contribution in [1.29, 1.82) is 0 Å². The van der Waals surface area contributed by atoms with Gasteiger partial charge in [0.25, 0.3) is 0 Å². The van der Waals surface area contributed by atoms with Crippen LogP contribution in [-0.2, 0) is 13.7 Å². The maximum Gasteiger partial charge on any atom is 0.488 e. The largest absolute Gasteiger partial charge is 0.488 e. The average molecular weight is 181 g/mol. The molecule has 0 saturated carbocycles. The Kier molecular flexibility index (Phi) is 3.04. The van der Waals surface area contributed by atoms with Crippen LogP contribution < -0.4 is 0 Å². The fraction of sp³-hybridized carbons (Fsp3) is 1.00. The van der Waals surface area contributed by atoms with Gasteiger partial charge in [-0.05, 0) is 12.8 Å². The second-order valence-electron chi connectivity index (χ2n) is 2.37. The van der Waals surface area contributed by atoms with Gasteiger partial charge in [0.1, 0.15) is 0 Å². The quantitative estimate of drug-likeness (QED) is 0.651. The van der Waals surface area contributed by atoms with Crippen LogP contribution in [0.2, 0.25) is 0 Å². The highest BCUT2D eigenvalue weighted by atomic mass is 31.2. The van der Waals surface area contributed by atoms with E-state index in [0.717, 1.165) is 20.0 Å². The van der Waals surface area contributed by atoms with Gasteiger partial charge in [0.15, 0.2) is 0 Å². The van der Waals surface area contributed by atoms with Crippen LogP contribution in [0.5, 0.6) is 0 Å². The molecule has 0 aromatic heterocycles. The molecule has 1 heterocycles. The summed E-state index contributed by atoms with van der Waals surface area (Å²) in [6.07, 6.45) is 2.01. The highest BCUT2D eigenvalue weighted by Crippen LogP contribution is 2.43. The maximum absolute atomic E-state index is 10.8. The lowest BCUT2D eigenvalue weighted by molar-refractivity contribution is -0.0638. The molecular weight excluding hydrogens is 169 g/mol. The summed E-state index contributed by atoms with van der Waals surface area (Å²) in [5.41, 5.74) is 0. The number of phosphoric acid groups is 1. The zero-order valence-electron chi connectivity index (χ0n) is 6.39. The molecule has 0 spiro atoms. The summed E-state index contributed by atoms with van der Waals surface area (Å²) in [5.74, 6) is 0. The van der Waals surface area contributed by atoms with Crippen LogP contribution in [0.15, 0.2) is 0 Å². The molecule has 66 valence electrons. The Morgan fingerprint density at radius 2 is 2.00 bits per heavy atom. The molecule has 1 rings (SSSR count). The van der Waals surface area contributed by atoms with E-state index in [2.05, 4.69) is 9.15 Å². The molecule has 0 aromatic rings. The molecule has 6 heteroatoms. The summed E-state index contributed by atoms with van der Waals surface area (Å²) < 4.78 is 19.7. The van der Waals surface area contributed by atoms with Gasteiger partial charge in [-0.15, -0.1) is 0 Å². The first kappa shape index (κ1) is 9.16. The zero-order valence-corrected chi connectivity index (χ0v) is 7.29. The summed E-state index contributed by atoms with van der Waals surface area (Å²) >= 11 is 0. The van der Waals surface area contributed by atoms with Crippen molar-refractivity contribution in [2.75, 3.05) is 20.2 Å². The van der Waals surface area contributed by atoms with Crippen molar-refractivity contribution in [1.82, 2.24) is 5.06 Å². The third-order valence-electron chi connectivity index (χ3n) is 1.51. The highest BCUT2D eigenvalue weighted by Gasteiger charge is 2.25. The van der Waals surface area contributed by atoms with E-state index in [9.17, 15) is 4.57 Å². The Balaban J connectivity index is 2.34. The molecule has 0 bridgehead atoms. The van der Waals surface area contributed by atoms with Crippen LogP contribution >= 0.6 is 7.82 Å². The topological polar surface area (TPSA) is 59.0 Å². The second kappa shape index (κ2) is 3.65. The van der Waals surface area contributed by atoms with E-state index < -0.39 is 7.82 Å². The Labute approximate surface area is 65.5 Å². The molecule has 11 heavy (non-hydrogen) atoms. The summed E-state index contributed by atoms with van der Waals surface area (Å²) in [4.78, 5) is 8.85. The van der Waals surface area contributed by atoms with Crippen LogP contribution in [0, 0.1) is 0 Å². The Morgan fingerprint density at radius 3 is 2.45 bits per heavy atom. The fourth-order valence-electron chi connectivity index (χ4n) is 0.949. The van der Waals surface area contributed by atoms with E-state index in [1.54, 1.807) is 0 Å². The Bertz CT molecular complexity index is 168. The summed E-state index contributed by atoms with van der Waals surface area (Å²) in [6, 6.07) is 0. The molecule has 0 aliphatic carbocycles. The highest BCUT2D eigenvalue weighted by molar-refractivity contribution is 7.47. The first-order chi connectivity index (χ1) is 5.14. The molecular formula is C5H12NO4P. The van der Waals surface area contributed by atoms with E-state index >= 15 is 0 Å². The van der Waals surface area contributed by atoms with Gasteiger partial charge in [0.05, 0.1) is 0 Å². The molecule has 1 aliphatic heterocycles. The van der Waals surface area contributed by atoms with Gasteiger partial charge in [0.2, 0.25) is 0 Å². The Morgan fingerprint density at radius 1 is 1.45 bits per heavy atom. The van der Waals surface area contributed by atoms with Gasteiger partial charge in [0, 0.05) is 20.2 Å². The van der Waals surface area contributed by atoms with E-state index in [1.807, 2.05) is 0 Å². The standard InChI is InChI=1S/C5H12NO4P/c1-9-11(7,8)10-6-4-2-3-5-6/h2-5H2,1H3,(H,7,8). The number of hydrogen-bond acceptors (Lipinski definition) is 4. The van der Waals surface area contributed by atoms with Gasteiger partial charge < -0.3 is 4.89 Å². The predicted molar refractivity (Wildman–Crippen MR) is 38.7 cm³/mol. The maximum atomic E-state index is 10.8. The van der Waals surface area contributed by atoms with Crippen LogP contribution in [0.25, 0.3) is 0 Å². The first-order valence-corrected chi connectivity index (χ1v) is 4.97. The van der Waals surface area contributed by atoms with Gasteiger partial charge in [-0.3, -0.25) is 4.52 Å². The fourth-order valence-corrected chi connectivity index (χ4v) is 1.47. The van der Waals surface area contributed by atoms with Crippen LogP contribution in [-0.4, -0.2) is 30.2 Å². The first-order valence-electron chi connectivity index (χ1n) is 3.47. The van der Waals surface area contributed by atoms with Crippen molar-refractivity contribution in [3.05, 3.63) is 0 Å². The van der Waals surface area contributed by atoms with E-state index in [1.165, 1.54) is 5.06 Å². The molecule has 1 saturated heterocycles. The van der Waals surface area contributed by atoms with Crippen molar-refractivity contribution in [2.45, 2.75) is 12.8 Å². The number of rotatable bonds is 3. The molecule has 1 aliphatic rings. The molecule has 0 radical (unpaired) electrons. The van der Waals surface area contributed by atoms with Crippen LogP contribution in [0.4, 0.5) is 0 Å². The minimum atomic E-state index is -3.80. The minimum Gasteiger partial charge on any atom is -0.302 e. The normalized spacial score (nSPS) is 25.3. The van der Waals surface area contributed by atoms with Crippen molar-refractivity contribution < 1.29 is 18.6 Å². The SMILES string of the molecule is COP(=O)(O)ON1CCCC1. The van der Waals surface area contributed by atoms with Crippen LogP contribution in [0.3, 0.4) is 0 Å². The summed E-state index contributed by atoms with van der Waals surface area (Å²) in [7, 11) is -2.65. The number of hydrogen-bond donors (Lipinski definition) is 1. The lowest BCUT2D eigenvalue weighted by Gasteiger charge is -2.16. The van der Waals surface area contributed by atoms with Crippen LogP contribution in [0.1, 0.15) is 12.8 Å². The third-order valence-corrected chi connectivity index (χ3v) is 2.41. The lowest BCUT2D eigenvalue weighted by Crippen LogP contribution is -2.18. The number of hydroxylamine groups is 2. The molecule has 0 aromatic carbocycles. The third kappa shape index (κ3) is 2.89. The predicted octanol–water partition coefficient (Wildman–Crippen LogP) is 0.761. The summed E-state index contributed by atoms with van der Waals surface area (Å²) in [5, 5.41) is 1.46. The zero-order chi connectivity index (χ0) is 8.32. The Hall–Kier alpha value is 0.0700. The van der Waals surface area contributed by atoms with E-state index in [4.69, 9.17) is 4.89 Å². The molecule has 1 fully saturated rings. The second-order valence-corrected chi connectivity index (χ2v) is 3.83. The molecule has 0 amide bonds. The van der Waals surface area contributed by atoms with Crippen molar-refractivity contribution >= 4 is 7.82 Å². The monoisotopic (exact) mass is 181 g/mol. The van der Waals surface area contributed by atoms with Gasteiger partial charge >= 0.3 is 7.82 Å². The molecule has 5 nitrogen and oxygen atoms in total.